The van der Waals surface area contributed by atoms with Crippen LogP contribution >= 0.6 is 0 Å². The number of nitrogens with one attached hydrogen (secondary N) is 1. The van der Waals surface area contributed by atoms with E-state index in [2.05, 4.69) is 5.32 Å². The van der Waals surface area contributed by atoms with E-state index < -0.39 is 5.97 Å². The van der Waals surface area contributed by atoms with E-state index in [-0.39, 0.29) is 17.9 Å². The van der Waals surface area contributed by atoms with Crippen molar-refractivity contribution in [3.8, 4) is 0 Å². The van der Waals surface area contributed by atoms with E-state index in [1.54, 1.807) is 0 Å². The summed E-state index contributed by atoms with van der Waals surface area (Å²) < 4.78 is 0. The van der Waals surface area contributed by atoms with Crippen LogP contribution in [-0.2, 0) is 9.59 Å². The van der Waals surface area contributed by atoms with Crippen molar-refractivity contribution in [2.45, 2.75) is 27.2 Å². The smallest absolute Gasteiger partial charge is 0.328 e. The van der Waals surface area contributed by atoms with E-state index in [4.69, 9.17) is 5.11 Å². The summed E-state index contributed by atoms with van der Waals surface area (Å²) in [6, 6.07) is 0. The lowest BCUT2D eigenvalue weighted by atomic mass is 9.92. The highest BCUT2D eigenvalue weighted by Crippen LogP contribution is 2.17. The summed E-state index contributed by atoms with van der Waals surface area (Å²) in [7, 11) is 0. The highest BCUT2D eigenvalue weighted by molar-refractivity contribution is 5.80. The van der Waals surface area contributed by atoms with Gasteiger partial charge in [-0.2, -0.15) is 0 Å². The maximum absolute atomic E-state index is 11.2. The highest BCUT2D eigenvalue weighted by atomic mass is 16.4. The SMILES string of the molecule is CC(C)(C)CC(=O)NC/C=C\C(=O)O. The molecule has 14 heavy (non-hydrogen) atoms. The summed E-state index contributed by atoms with van der Waals surface area (Å²) in [4.78, 5) is 21.3. The molecule has 1 amide bonds. The second-order valence-electron chi connectivity index (χ2n) is 4.28. The molecule has 0 bridgehead atoms. The van der Waals surface area contributed by atoms with Crippen molar-refractivity contribution in [2.75, 3.05) is 6.54 Å². The van der Waals surface area contributed by atoms with E-state index in [1.807, 2.05) is 20.8 Å². The Morgan fingerprint density at radius 2 is 1.93 bits per heavy atom. The highest BCUT2D eigenvalue weighted by Gasteiger charge is 2.14. The summed E-state index contributed by atoms with van der Waals surface area (Å²) in [6.45, 7) is 6.18. The van der Waals surface area contributed by atoms with Gasteiger partial charge in [-0.05, 0) is 5.41 Å². The Hall–Kier alpha value is -1.32. The monoisotopic (exact) mass is 199 g/mol. The molecule has 0 fully saturated rings. The van der Waals surface area contributed by atoms with Gasteiger partial charge in [-0.3, -0.25) is 4.79 Å². The van der Waals surface area contributed by atoms with E-state index >= 15 is 0 Å². The largest absolute Gasteiger partial charge is 0.478 e. The number of hydrogen-bond acceptors (Lipinski definition) is 2. The molecule has 0 saturated heterocycles. The van der Waals surface area contributed by atoms with Crippen LogP contribution in [0.15, 0.2) is 12.2 Å². The van der Waals surface area contributed by atoms with Gasteiger partial charge in [0.2, 0.25) is 5.91 Å². The molecule has 0 aromatic carbocycles. The normalized spacial score (nSPS) is 11.6. The van der Waals surface area contributed by atoms with Crippen LogP contribution in [0.5, 0.6) is 0 Å². The standard InChI is InChI=1S/C10H17NO3/c1-10(2,3)7-8(12)11-6-4-5-9(13)14/h4-5H,6-7H2,1-3H3,(H,11,12)(H,13,14)/b5-4-. The zero-order valence-corrected chi connectivity index (χ0v) is 8.83. The number of aliphatic carboxylic acids is 1. The van der Waals surface area contributed by atoms with Gasteiger partial charge in [0, 0.05) is 19.0 Å². The van der Waals surface area contributed by atoms with Crippen molar-refractivity contribution < 1.29 is 14.7 Å². The molecule has 0 aromatic rings. The lowest BCUT2D eigenvalue weighted by Gasteiger charge is -2.16. The molecule has 0 aliphatic carbocycles. The number of rotatable bonds is 4. The summed E-state index contributed by atoms with van der Waals surface area (Å²) in [5.41, 5.74) is -0.0411. The topological polar surface area (TPSA) is 66.4 Å². The Bertz CT molecular complexity index is 238. The lowest BCUT2D eigenvalue weighted by Crippen LogP contribution is -2.27. The van der Waals surface area contributed by atoms with Crippen LogP contribution in [0.4, 0.5) is 0 Å². The molecule has 0 atom stereocenters. The predicted octanol–water partition coefficient (Wildman–Crippen LogP) is 1.18. The van der Waals surface area contributed by atoms with Crippen molar-refractivity contribution in [3.63, 3.8) is 0 Å². The van der Waals surface area contributed by atoms with Crippen LogP contribution < -0.4 is 5.32 Å². The summed E-state index contributed by atoms with van der Waals surface area (Å²) >= 11 is 0. The Morgan fingerprint density at radius 3 is 2.36 bits per heavy atom. The molecular formula is C10H17NO3. The molecule has 0 aliphatic heterocycles. The third kappa shape index (κ3) is 8.77. The third-order valence-corrected chi connectivity index (χ3v) is 1.37. The van der Waals surface area contributed by atoms with Crippen molar-refractivity contribution in [1.29, 1.82) is 0 Å². The summed E-state index contributed by atoms with van der Waals surface area (Å²) in [6.07, 6.45) is 2.86. The Labute approximate surface area is 84.0 Å². The molecule has 4 heteroatoms. The first-order valence-electron chi connectivity index (χ1n) is 4.47. The Balaban J connectivity index is 3.71. The molecule has 0 radical (unpaired) electrons. The van der Waals surface area contributed by atoms with Gasteiger partial charge >= 0.3 is 5.97 Å². The minimum absolute atomic E-state index is 0.0411. The molecule has 0 spiro atoms. The zero-order valence-electron chi connectivity index (χ0n) is 8.83. The minimum atomic E-state index is -1.00. The average molecular weight is 199 g/mol. The predicted molar refractivity (Wildman–Crippen MR) is 53.9 cm³/mol. The van der Waals surface area contributed by atoms with Crippen LogP contribution in [0.2, 0.25) is 0 Å². The van der Waals surface area contributed by atoms with Gasteiger partial charge < -0.3 is 10.4 Å². The summed E-state index contributed by atoms with van der Waals surface area (Å²) in [5, 5.41) is 10.9. The minimum Gasteiger partial charge on any atom is -0.478 e. The van der Waals surface area contributed by atoms with E-state index in [0.29, 0.717) is 6.42 Å². The molecule has 80 valence electrons. The lowest BCUT2D eigenvalue weighted by molar-refractivity contribution is -0.131. The molecule has 0 heterocycles. The number of carbonyl (C=O) groups is 2. The van der Waals surface area contributed by atoms with Crippen molar-refractivity contribution in [3.05, 3.63) is 12.2 Å². The first-order valence-corrected chi connectivity index (χ1v) is 4.47. The van der Waals surface area contributed by atoms with Crippen LogP contribution in [0.25, 0.3) is 0 Å². The molecule has 0 unspecified atom stereocenters. The van der Waals surface area contributed by atoms with Gasteiger partial charge in [-0.25, -0.2) is 4.79 Å². The fourth-order valence-corrected chi connectivity index (χ4v) is 0.877. The van der Waals surface area contributed by atoms with Crippen molar-refractivity contribution in [2.24, 2.45) is 5.41 Å². The first kappa shape index (κ1) is 12.7. The fraction of sp³-hybridized carbons (Fsp3) is 0.600. The van der Waals surface area contributed by atoms with Crippen LogP contribution in [0.1, 0.15) is 27.2 Å². The third-order valence-electron chi connectivity index (χ3n) is 1.37. The van der Waals surface area contributed by atoms with E-state index in [1.165, 1.54) is 6.08 Å². The van der Waals surface area contributed by atoms with Crippen LogP contribution in [0.3, 0.4) is 0 Å². The number of carboxylic acid groups (broad SMARTS) is 1. The molecular weight excluding hydrogens is 182 g/mol. The molecule has 0 aliphatic rings. The van der Waals surface area contributed by atoms with Gasteiger partial charge in [0.05, 0.1) is 0 Å². The van der Waals surface area contributed by atoms with Gasteiger partial charge in [-0.15, -0.1) is 0 Å². The molecule has 2 N–H and O–H groups in total. The summed E-state index contributed by atoms with van der Waals surface area (Å²) in [5.74, 6) is -1.07. The number of carbonyl (C=O) groups excluding carboxylic acids is 1. The first-order chi connectivity index (χ1) is 6.31. The quantitative estimate of drug-likeness (QED) is 0.668. The maximum atomic E-state index is 11.2. The van der Waals surface area contributed by atoms with Gasteiger partial charge in [0.25, 0.3) is 0 Å². The number of hydrogen-bond donors (Lipinski definition) is 2. The van der Waals surface area contributed by atoms with Gasteiger partial charge in [-0.1, -0.05) is 26.8 Å². The second-order valence-corrected chi connectivity index (χ2v) is 4.28. The maximum Gasteiger partial charge on any atom is 0.328 e. The van der Waals surface area contributed by atoms with E-state index in [0.717, 1.165) is 6.08 Å². The van der Waals surface area contributed by atoms with Crippen LogP contribution in [0, 0.1) is 5.41 Å². The van der Waals surface area contributed by atoms with Crippen molar-refractivity contribution in [1.82, 2.24) is 5.32 Å². The van der Waals surface area contributed by atoms with Gasteiger partial charge in [0.15, 0.2) is 0 Å². The fourth-order valence-electron chi connectivity index (χ4n) is 0.877. The molecule has 0 rings (SSSR count). The average Bonchev–Trinajstić information content (AvgIpc) is 1.94. The second kappa shape index (κ2) is 5.42. The van der Waals surface area contributed by atoms with Crippen LogP contribution in [-0.4, -0.2) is 23.5 Å². The molecule has 4 nitrogen and oxygen atoms in total. The van der Waals surface area contributed by atoms with E-state index in [9.17, 15) is 9.59 Å². The zero-order chi connectivity index (χ0) is 11.2. The molecule has 0 aromatic heterocycles. The van der Waals surface area contributed by atoms with Crippen molar-refractivity contribution >= 4 is 11.9 Å². The Morgan fingerprint density at radius 1 is 1.36 bits per heavy atom. The number of amides is 1. The molecule has 0 saturated carbocycles. The Kier molecular flexibility index (Phi) is 4.91. The van der Waals surface area contributed by atoms with Gasteiger partial charge in [0.1, 0.15) is 0 Å². The number of carboxylic acids is 1.